The van der Waals surface area contributed by atoms with Gasteiger partial charge in [-0.15, -0.1) is 0 Å². The Bertz CT molecular complexity index is 379. The van der Waals surface area contributed by atoms with Crippen LogP contribution < -0.4 is 0 Å². The minimum Gasteiger partial charge on any atom is -0.359 e. The summed E-state index contributed by atoms with van der Waals surface area (Å²) in [6.45, 7) is 9.72. The number of methoxy groups -OCH3 is 1. The first kappa shape index (κ1) is 17.0. The number of carbonyl (C=O) groups excluding carboxylic acids is 1. The smallest absolute Gasteiger partial charge is 0.147 e. The van der Waals surface area contributed by atoms with Crippen molar-refractivity contribution in [2.75, 3.05) is 13.9 Å². The van der Waals surface area contributed by atoms with Gasteiger partial charge in [0.15, 0.2) is 0 Å². The molecule has 0 radical (unpaired) electrons. The molecule has 2 rings (SSSR count). The SMILES string of the molecule is COCOC1(C)CCC2C(C)(C)CCCC2(C)C1CC=O. The highest BCUT2D eigenvalue weighted by molar-refractivity contribution is 5.50. The first-order valence-corrected chi connectivity index (χ1v) is 8.37. The molecule has 2 aliphatic rings. The van der Waals surface area contributed by atoms with Gasteiger partial charge in [-0.25, -0.2) is 0 Å². The van der Waals surface area contributed by atoms with E-state index in [0.717, 1.165) is 12.7 Å². The molecular formula is C18H32O3. The largest absolute Gasteiger partial charge is 0.359 e. The molecule has 0 heterocycles. The molecule has 0 N–H and O–H groups in total. The van der Waals surface area contributed by atoms with E-state index in [-0.39, 0.29) is 16.9 Å². The van der Waals surface area contributed by atoms with Gasteiger partial charge in [0.25, 0.3) is 0 Å². The van der Waals surface area contributed by atoms with Crippen molar-refractivity contribution in [3.8, 4) is 0 Å². The molecule has 0 bridgehead atoms. The van der Waals surface area contributed by atoms with E-state index in [4.69, 9.17) is 9.47 Å². The summed E-state index contributed by atoms with van der Waals surface area (Å²) in [4.78, 5) is 11.3. The molecule has 3 nitrogen and oxygen atoms in total. The van der Waals surface area contributed by atoms with Gasteiger partial charge in [-0.1, -0.05) is 27.2 Å². The molecule has 4 unspecified atom stereocenters. The third-order valence-corrected chi connectivity index (χ3v) is 6.58. The monoisotopic (exact) mass is 296 g/mol. The van der Waals surface area contributed by atoms with E-state index >= 15 is 0 Å². The minimum atomic E-state index is -0.240. The number of ether oxygens (including phenoxy) is 2. The number of hydrogen-bond acceptors (Lipinski definition) is 3. The molecule has 0 aliphatic heterocycles. The van der Waals surface area contributed by atoms with Gasteiger partial charge in [-0.2, -0.15) is 0 Å². The van der Waals surface area contributed by atoms with E-state index in [1.807, 2.05) is 0 Å². The second-order valence-corrected chi connectivity index (χ2v) is 8.26. The zero-order valence-electron chi connectivity index (χ0n) is 14.4. The van der Waals surface area contributed by atoms with E-state index in [1.54, 1.807) is 7.11 Å². The molecule has 3 heteroatoms. The Hall–Kier alpha value is -0.410. The normalized spacial score (nSPS) is 42.3. The zero-order valence-corrected chi connectivity index (χ0v) is 14.4. The van der Waals surface area contributed by atoms with Crippen LogP contribution in [0.5, 0.6) is 0 Å². The average molecular weight is 296 g/mol. The molecule has 4 atom stereocenters. The molecule has 0 saturated heterocycles. The minimum absolute atomic E-state index is 0.198. The summed E-state index contributed by atoms with van der Waals surface area (Å²) in [7, 11) is 1.66. The van der Waals surface area contributed by atoms with Gasteiger partial charge < -0.3 is 14.3 Å². The molecule has 0 aromatic heterocycles. The number of rotatable bonds is 5. The van der Waals surface area contributed by atoms with Crippen molar-refractivity contribution in [1.29, 1.82) is 0 Å². The van der Waals surface area contributed by atoms with Crippen molar-refractivity contribution < 1.29 is 14.3 Å². The van der Waals surface area contributed by atoms with Crippen molar-refractivity contribution in [2.45, 2.75) is 71.8 Å². The van der Waals surface area contributed by atoms with Gasteiger partial charge in [0.2, 0.25) is 0 Å². The van der Waals surface area contributed by atoms with Crippen LogP contribution in [0, 0.1) is 22.7 Å². The molecular weight excluding hydrogens is 264 g/mol. The predicted octanol–water partition coefficient (Wildman–Crippen LogP) is 4.20. The van der Waals surface area contributed by atoms with E-state index in [2.05, 4.69) is 27.7 Å². The number of fused-ring (bicyclic) bond motifs is 1. The Morgan fingerprint density at radius 1 is 1.14 bits per heavy atom. The highest BCUT2D eigenvalue weighted by Crippen LogP contribution is 2.63. The fourth-order valence-electron chi connectivity index (χ4n) is 5.59. The lowest BCUT2D eigenvalue weighted by atomic mass is 9.45. The van der Waals surface area contributed by atoms with Crippen LogP contribution in [0.1, 0.15) is 66.2 Å². The summed E-state index contributed by atoms with van der Waals surface area (Å²) in [6, 6.07) is 0. The summed E-state index contributed by atoms with van der Waals surface area (Å²) in [6.07, 6.45) is 7.69. The van der Waals surface area contributed by atoms with Gasteiger partial charge in [0.05, 0.1) is 5.60 Å². The van der Waals surface area contributed by atoms with Gasteiger partial charge in [0.1, 0.15) is 13.1 Å². The third kappa shape index (κ3) is 2.92. The van der Waals surface area contributed by atoms with Crippen LogP contribution >= 0.6 is 0 Å². The van der Waals surface area contributed by atoms with Crippen LogP contribution in [-0.4, -0.2) is 25.8 Å². The van der Waals surface area contributed by atoms with Crippen LogP contribution in [0.15, 0.2) is 0 Å². The van der Waals surface area contributed by atoms with Crippen LogP contribution in [0.3, 0.4) is 0 Å². The Morgan fingerprint density at radius 3 is 2.48 bits per heavy atom. The van der Waals surface area contributed by atoms with E-state index in [0.29, 0.717) is 24.5 Å². The molecule has 0 aromatic rings. The standard InChI is InChI=1S/C18H32O3/c1-16(2)9-6-10-17(3)14(16)7-11-18(4,21-13-20-5)15(17)8-12-19/h12,14-15H,6-11,13H2,1-5H3. The second-order valence-electron chi connectivity index (χ2n) is 8.26. The van der Waals surface area contributed by atoms with Gasteiger partial charge in [-0.05, 0) is 55.3 Å². The summed E-state index contributed by atoms with van der Waals surface area (Å²) in [5.41, 5.74) is 0.329. The lowest BCUT2D eigenvalue weighted by Crippen LogP contribution is -2.58. The molecule has 2 saturated carbocycles. The molecule has 21 heavy (non-hydrogen) atoms. The molecule has 0 spiro atoms. The maximum Gasteiger partial charge on any atom is 0.147 e. The number of carbonyl (C=O) groups is 1. The Labute approximate surface area is 129 Å². The Kier molecular flexibility index (Phi) is 4.84. The van der Waals surface area contributed by atoms with Crippen molar-refractivity contribution in [3.05, 3.63) is 0 Å². The quantitative estimate of drug-likeness (QED) is 0.563. The van der Waals surface area contributed by atoms with E-state index in [9.17, 15) is 4.79 Å². The Balaban J connectivity index is 2.33. The second kappa shape index (κ2) is 6.00. The van der Waals surface area contributed by atoms with E-state index < -0.39 is 0 Å². The highest BCUT2D eigenvalue weighted by atomic mass is 16.7. The van der Waals surface area contributed by atoms with Crippen LogP contribution in [0.4, 0.5) is 0 Å². The molecule has 2 aliphatic carbocycles. The highest BCUT2D eigenvalue weighted by Gasteiger charge is 2.58. The first-order chi connectivity index (χ1) is 9.80. The summed E-state index contributed by atoms with van der Waals surface area (Å²) < 4.78 is 11.2. The summed E-state index contributed by atoms with van der Waals surface area (Å²) in [5.74, 6) is 0.971. The number of aldehydes is 1. The van der Waals surface area contributed by atoms with Gasteiger partial charge in [-0.3, -0.25) is 0 Å². The van der Waals surface area contributed by atoms with Gasteiger partial charge in [0, 0.05) is 13.5 Å². The summed E-state index contributed by atoms with van der Waals surface area (Å²) >= 11 is 0. The van der Waals surface area contributed by atoms with Gasteiger partial charge >= 0.3 is 0 Å². The average Bonchev–Trinajstić information content (AvgIpc) is 2.40. The summed E-state index contributed by atoms with van der Waals surface area (Å²) in [5, 5.41) is 0. The van der Waals surface area contributed by atoms with Crippen molar-refractivity contribution in [2.24, 2.45) is 22.7 Å². The van der Waals surface area contributed by atoms with E-state index in [1.165, 1.54) is 25.7 Å². The predicted molar refractivity (Wildman–Crippen MR) is 84.0 cm³/mol. The van der Waals surface area contributed by atoms with Crippen molar-refractivity contribution in [3.63, 3.8) is 0 Å². The number of hydrogen-bond donors (Lipinski definition) is 0. The lowest BCUT2D eigenvalue weighted by Gasteiger charge is -2.61. The van der Waals surface area contributed by atoms with Crippen LogP contribution in [0.25, 0.3) is 0 Å². The maximum absolute atomic E-state index is 11.3. The lowest BCUT2D eigenvalue weighted by molar-refractivity contribution is -0.220. The van der Waals surface area contributed by atoms with Crippen LogP contribution in [-0.2, 0) is 14.3 Å². The molecule has 2 fully saturated rings. The Morgan fingerprint density at radius 2 is 1.86 bits per heavy atom. The van der Waals surface area contributed by atoms with Crippen molar-refractivity contribution in [1.82, 2.24) is 0 Å². The molecule has 0 aromatic carbocycles. The molecule has 122 valence electrons. The fraction of sp³-hybridized carbons (Fsp3) is 0.944. The van der Waals surface area contributed by atoms with Crippen molar-refractivity contribution >= 4 is 6.29 Å². The molecule has 0 amide bonds. The third-order valence-electron chi connectivity index (χ3n) is 6.58. The fourth-order valence-corrected chi connectivity index (χ4v) is 5.59. The topological polar surface area (TPSA) is 35.5 Å². The zero-order chi connectivity index (χ0) is 15.7. The first-order valence-electron chi connectivity index (χ1n) is 8.37. The van der Waals surface area contributed by atoms with Crippen LogP contribution in [0.2, 0.25) is 0 Å². The maximum atomic E-state index is 11.3.